The highest BCUT2D eigenvalue weighted by atomic mass is 16.2. The predicted octanol–water partition coefficient (Wildman–Crippen LogP) is 2.09. The quantitative estimate of drug-likeness (QED) is 0.732. The molecule has 2 heterocycles. The average molecular weight is 378 g/mol. The summed E-state index contributed by atoms with van der Waals surface area (Å²) in [4.78, 5) is 26.1. The van der Waals surface area contributed by atoms with Crippen LogP contribution in [0.15, 0.2) is 65.4 Å². The molecule has 2 aliphatic heterocycles. The molecule has 1 aromatic rings. The molecule has 1 aliphatic carbocycles. The van der Waals surface area contributed by atoms with Gasteiger partial charge in [-0.2, -0.15) is 0 Å². The molecule has 146 valence electrons. The van der Waals surface area contributed by atoms with E-state index < -0.39 is 0 Å². The van der Waals surface area contributed by atoms with Crippen molar-refractivity contribution in [3.8, 4) is 0 Å². The van der Waals surface area contributed by atoms with Crippen molar-refractivity contribution in [3.63, 3.8) is 0 Å². The van der Waals surface area contributed by atoms with E-state index in [0.717, 1.165) is 18.5 Å². The molecule has 0 fully saturated rings. The second kappa shape index (κ2) is 8.02. The molecule has 4 N–H and O–H groups in total. The Labute approximate surface area is 165 Å². The monoisotopic (exact) mass is 378 g/mol. The fraction of sp³-hybridized carbons (Fsp3) is 0.364. The molecule has 6 nitrogen and oxygen atoms in total. The predicted molar refractivity (Wildman–Crippen MR) is 107 cm³/mol. The van der Waals surface area contributed by atoms with E-state index in [-0.39, 0.29) is 23.8 Å². The van der Waals surface area contributed by atoms with Crippen LogP contribution in [0.5, 0.6) is 0 Å². The highest BCUT2D eigenvalue weighted by Crippen LogP contribution is 2.32. The number of nitrogens with zero attached hydrogens (tertiary/aromatic N) is 1. The number of hydrazine groups is 1. The lowest BCUT2D eigenvalue weighted by molar-refractivity contribution is -0.131. The maximum atomic E-state index is 12.8. The molecule has 0 bridgehead atoms. The molecule has 2 amide bonds. The van der Waals surface area contributed by atoms with E-state index in [9.17, 15) is 9.59 Å². The van der Waals surface area contributed by atoms with Crippen LogP contribution in [0.1, 0.15) is 37.3 Å². The summed E-state index contributed by atoms with van der Waals surface area (Å²) in [7, 11) is 0. The van der Waals surface area contributed by atoms with Crippen LogP contribution in [0.25, 0.3) is 0 Å². The molecule has 0 saturated carbocycles. The lowest BCUT2D eigenvalue weighted by Gasteiger charge is -2.29. The number of hydrogen-bond donors (Lipinski definition) is 3. The zero-order valence-electron chi connectivity index (χ0n) is 15.9. The fourth-order valence-corrected chi connectivity index (χ4v) is 4.11. The van der Waals surface area contributed by atoms with Gasteiger partial charge in [-0.05, 0) is 24.0 Å². The van der Waals surface area contributed by atoms with Crippen LogP contribution in [0.4, 0.5) is 0 Å². The Balaban J connectivity index is 1.38. The molecule has 1 unspecified atom stereocenters. The number of carbonyl (C=O) groups excluding carboxylic acids is 2. The smallest absolute Gasteiger partial charge is 0.224 e. The maximum absolute atomic E-state index is 12.8. The molecule has 0 saturated heterocycles. The summed E-state index contributed by atoms with van der Waals surface area (Å²) >= 11 is 0. The largest absolute Gasteiger partial charge is 0.369 e. The van der Waals surface area contributed by atoms with Crippen molar-refractivity contribution in [2.24, 2.45) is 11.7 Å². The molecular weight excluding hydrogens is 352 g/mol. The first-order valence-corrected chi connectivity index (χ1v) is 9.84. The van der Waals surface area contributed by atoms with Crippen molar-refractivity contribution in [1.82, 2.24) is 15.8 Å². The van der Waals surface area contributed by atoms with Gasteiger partial charge in [-0.25, -0.2) is 5.43 Å². The summed E-state index contributed by atoms with van der Waals surface area (Å²) in [6.07, 6.45) is 8.44. The molecule has 3 aliphatic rings. The Bertz CT molecular complexity index is 857. The third-order valence-electron chi connectivity index (χ3n) is 5.71. The number of allylic oxidation sites excluding steroid dienone is 3. The van der Waals surface area contributed by atoms with Gasteiger partial charge in [-0.15, -0.1) is 0 Å². The van der Waals surface area contributed by atoms with Gasteiger partial charge in [0.25, 0.3) is 0 Å². The van der Waals surface area contributed by atoms with E-state index in [1.165, 1.54) is 16.8 Å². The van der Waals surface area contributed by atoms with E-state index in [1.807, 2.05) is 41.3 Å². The summed E-state index contributed by atoms with van der Waals surface area (Å²) in [6, 6.07) is 10.4. The molecule has 0 aromatic heterocycles. The number of primary amides is 1. The Kier molecular flexibility index (Phi) is 5.30. The van der Waals surface area contributed by atoms with Crippen molar-refractivity contribution in [2.45, 2.75) is 31.7 Å². The van der Waals surface area contributed by atoms with E-state index in [0.29, 0.717) is 25.8 Å². The number of benzene rings is 1. The molecule has 0 spiro atoms. The highest BCUT2D eigenvalue weighted by molar-refractivity contribution is 5.80. The average Bonchev–Trinajstić information content (AvgIpc) is 3.16. The Hall–Kier alpha value is -2.86. The first-order chi connectivity index (χ1) is 13.6. The summed E-state index contributed by atoms with van der Waals surface area (Å²) in [5, 5.41) is 0. The van der Waals surface area contributed by atoms with Crippen LogP contribution in [0, 0.1) is 5.92 Å². The van der Waals surface area contributed by atoms with Crippen molar-refractivity contribution in [2.75, 3.05) is 13.1 Å². The summed E-state index contributed by atoms with van der Waals surface area (Å²) in [5.41, 5.74) is 16.7. The minimum Gasteiger partial charge on any atom is -0.369 e. The zero-order valence-corrected chi connectivity index (χ0v) is 15.9. The third kappa shape index (κ3) is 3.87. The molecular formula is C22H26N4O2. The Morgan fingerprint density at radius 2 is 2.04 bits per heavy atom. The van der Waals surface area contributed by atoms with E-state index >= 15 is 0 Å². The van der Waals surface area contributed by atoms with E-state index in [2.05, 4.69) is 23.0 Å². The van der Waals surface area contributed by atoms with E-state index in [1.54, 1.807) is 0 Å². The summed E-state index contributed by atoms with van der Waals surface area (Å²) in [6.45, 7) is 1.37. The van der Waals surface area contributed by atoms with Crippen LogP contribution >= 0.6 is 0 Å². The molecule has 4 rings (SSSR count). The van der Waals surface area contributed by atoms with Crippen LogP contribution in [-0.4, -0.2) is 29.8 Å². The van der Waals surface area contributed by atoms with Gasteiger partial charge in [0.05, 0.1) is 12.0 Å². The SMILES string of the molecule is NC(=O)[C@H]1C=C(CCC(=O)N2CCC3=C(C2)C(c2ccccc2)NN3)C=CC1. The number of nitrogens with two attached hydrogens (primary N) is 1. The fourth-order valence-electron chi connectivity index (χ4n) is 4.11. The second-order valence-corrected chi connectivity index (χ2v) is 7.57. The Morgan fingerprint density at radius 1 is 1.21 bits per heavy atom. The number of amides is 2. The van der Waals surface area contributed by atoms with Gasteiger partial charge in [0.2, 0.25) is 11.8 Å². The first-order valence-electron chi connectivity index (χ1n) is 9.84. The molecule has 28 heavy (non-hydrogen) atoms. The van der Waals surface area contributed by atoms with Crippen LogP contribution in [0.3, 0.4) is 0 Å². The molecule has 1 aromatic carbocycles. The minimum absolute atomic E-state index is 0.104. The normalized spacial score (nSPS) is 23.9. The number of rotatable bonds is 5. The number of carbonyl (C=O) groups is 2. The lowest BCUT2D eigenvalue weighted by atomic mass is 9.93. The topological polar surface area (TPSA) is 87.5 Å². The minimum atomic E-state index is -0.308. The summed E-state index contributed by atoms with van der Waals surface area (Å²) in [5.74, 6) is -0.405. The van der Waals surface area contributed by atoms with Gasteiger partial charge < -0.3 is 16.1 Å². The third-order valence-corrected chi connectivity index (χ3v) is 5.71. The highest BCUT2D eigenvalue weighted by Gasteiger charge is 2.32. The van der Waals surface area contributed by atoms with Crippen molar-refractivity contribution in [3.05, 3.63) is 71.0 Å². The first kappa shape index (κ1) is 18.5. The van der Waals surface area contributed by atoms with Gasteiger partial charge in [-0.1, -0.05) is 54.1 Å². The van der Waals surface area contributed by atoms with E-state index in [4.69, 9.17) is 5.73 Å². The van der Waals surface area contributed by atoms with Gasteiger partial charge in [-0.3, -0.25) is 9.59 Å². The maximum Gasteiger partial charge on any atom is 0.224 e. The lowest BCUT2D eigenvalue weighted by Crippen LogP contribution is -2.37. The van der Waals surface area contributed by atoms with Crippen LogP contribution in [-0.2, 0) is 9.59 Å². The number of nitrogens with one attached hydrogen (secondary N) is 2. The summed E-state index contributed by atoms with van der Waals surface area (Å²) < 4.78 is 0. The number of hydrogen-bond acceptors (Lipinski definition) is 4. The second-order valence-electron chi connectivity index (χ2n) is 7.57. The Morgan fingerprint density at radius 3 is 2.82 bits per heavy atom. The van der Waals surface area contributed by atoms with Crippen LogP contribution in [0.2, 0.25) is 0 Å². The van der Waals surface area contributed by atoms with Crippen molar-refractivity contribution >= 4 is 11.8 Å². The van der Waals surface area contributed by atoms with Crippen molar-refractivity contribution < 1.29 is 9.59 Å². The standard InChI is InChI=1S/C22H26N4O2/c23-22(28)17-8-4-5-15(13-17)9-10-20(27)26-12-11-19-18(14-26)21(25-24-19)16-6-2-1-3-7-16/h1-7,13,17,21,24-25H,8-12,14H2,(H2,23,28)/t17-,21?/m1/s1. The zero-order chi connectivity index (χ0) is 19.5. The van der Waals surface area contributed by atoms with Gasteiger partial charge in [0.1, 0.15) is 0 Å². The molecule has 0 radical (unpaired) electrons. The van der Waals surface area contributed by atoms with Gasteiger partial charge in [0, 0.05) is 31.6 Å². The van der Waals surface area contributed by atoms with Gasteiger partial charge >= 0.3 is 0 Å². The molecule has 6 heteroatoms. The van der Waals surface area contributed by atoms with Crippen LogP contribution < -0.4 is 16.6 Å². The molecule has 2 atom stereocenters. The van der Waals surface area contributed by atoms with Crippen molar-refractivity contribution in [1.29, 1.82) is 0 Å². The van der Waals surface area contributed by atoms with Gasteiger partial charge in [0.15, 0.2) is 0 Å².